The van der Waals surface area contributed by atoms with Crippen LogP contribution in [0.3, 0.4) is 0 Å². The number of rotatable bonds is 2. The van der Waals surface area contributed by atoms with Crippen LogP contribution in [0.25, 0.3) is 10.9 Å². The average molecular weight is 290 g/mol. The first-order valence-corrected chi connectivity index (χ1v) is 7.13. The van der Waals surface area contributed by atoms with Crippen molar-refractivity contribution in [1.29, 1.82) is 0 Å². The third kappa shape index (κ3) is 1.98. The number of fused-ring (bicyclic) bond motifs is 2. The topological polar surface area (TPSA) is 65.7 Å². The summed E-state index contributed by atoms with van der Waals surface area (Å²) < 4.78 is 19.6. The molecule has 1 N–H and O–H groups in total. The molecular formula is C15H18N2O4. The number of hydrogen-bond donors (Lipinski definition) is 1. The van der Waals surface area contributed by atoms with E-state index < -0.39 is 18.1 Å². The summed E-state index contributed by atoms with van der Waals surface area (Å²) in [6, 6.07) is 7.94. The van der Waals surface area contributed by atoms with Crippen molar-refractivity contribution in [1.82, 2.24) is 9.78 Å². The Kier molecular flexibility index (Phi) is 2.84. The van der Waals surface area contributed by atoms with Gasteiger partial charge in [-0.05, 0) is 19.9 Å². The van der Waals surface area contributed by atoms with Crippen molar-refractivity contribution in [2.75, 3.05) is 6.61 Å². The first-order chi connectivity index (χ1) is 10.1. The molecule has 6 nitrogen and oxygen atoms in total. The zero-order valence-electron chi connectivity index (χ0n) is 12.0. The Balaban J connectivity index is 1.75. The summed E-state index contributed by atoms with van der Waals surface area (Å²) in [7, 11) is 0. The van der Waals surface area contributed by atoms with Gasteiger partial charge in [0.05, 0.1) is 18.3 Å². The van der Waals surface area contributed by atoms with Gasteiger partial charge in [0.25, 0.3) is 0 Å². The summed E-state index contributed by atoms with van der Waals surface area (Å²) in [5.41, 5.74) is 0.980. The van der Waals surface area contributed by atoms with E-state index in [1.807, 2.05) is 42.8 Å². The van der Waals surface area contributed by atoms with Gasteiger partial charge in [0.15, 0.2) is 12.0 Å². The highest BCUT2D eigenvalue weighted by molar-refractivity contribution is 5.78. The lowest BCUT2D eigenvalue weighted by Crippen LogP contribution is -2.31. The van der Waals surface area contributed by atoms with Gasteiger partial charge in [-0.3, -0.25) is 0 Å². The molecule has 0 aliphatic carbocycles. The SMILES string of the molecule is CC1(C)O[C@@H]2[C@H](O1)[C@@H](CO)O[C@H]2n1ncc2ccccc21. The fraction of sp³-hybridized carbons (Fsp3) is 0.533. The first kappa shape index (κ1) is 13.2. The number of aliphatic hydroxyl groups excluding tert-OH is 1. The summed E-state index contributed by atoms with van der Waals surface area (Å²) in [6.45, 7) is 3.65. The van der Waals surface area contributed by atoms with E-state index in [4.69, 9.17) is 14.2 Å². The molecule has 4 rings (SSSR count). The second kappa shape index (κ2) is 4.51. The molecule has 2 aliphatic rings. The molecule has 1 aromatic heterocycles. The van der Waals surface area contributed by atoms with E-state index in [0.29, 0.717) is 0 Å². The molecule has 2 fully saturated rings. The molecular weight excluding hydrogens is 272 g/mol. The second-order valence-electron chi connectivity index (χ2n) is 5.96. The van der Waals surface area contributed by atoms with E-state index in [0.717, 1.165) is 10.9 Å². The molecule has 0 amide bonds. The summed E-state index contributed by atoms with van der Waals surface area (Å²) in [6.07, 6.45) is 0.456. The molecule has 2 aromatic rings. The van der Waals surface area contributed by atoms with Crippen LogP contribution in [0.1, 0.15) is 20.1 Å². The Morgan fingerprint density at radius 3 is 2.81 bits per heavy atom. The molecule has 0 unspecified atom stereocenters. The van der Waals surface area contributed by atoms with Crippen LogP contribution < -0.4 is 0 Å². The van der Waals surface area contributed by atoms with Gasteiger partial charge in [0, 0.05) is 5.39 Å². The van der Waals surface area contributed by atoms with Crippen LogP contribution in [0.5, 0.6) is 0 Å². The van der Waals surface area contributed by atoms with Crippen molar-refractivity contribution in [3.05, 3.63) is 30.5 Å². The van der Waals surface area contributed by atoms with Crippen molar-refractivity contribution < 1.29 is 19.3 Å². The molecule has 6 heteroatoms. The highest BCUT2D eigenvalue weighted by atomic mass is 16.8. The first-order valence-electron chi connectivity index (χ1n) is 7.13. The van der Waals surface area contributed by atoms with Gasteiger partial charge in [-0.1, -0.05) is 18.2 Å². The largest absolute Gasteiger partial charge is 0.394 e. The number of para-hydroxylation sites is 1. The van der Waals surface area contributed by atoms with Crippen molar-refractivity contribution in [2.45, 2.75) is 44.2 Å². The Bertz CT molecular complexity index is 668. The van der Waals surface area contributed by atoms with E-state index in [1.54, 1.807) is 6.20 Å². The molecule has 0 radical (unpaired) electrons. The van der Waals surface area contributed by atoms with Gasteiger partial charge in [-0.2, -0.15) is 5.10 Å². The van der Waals surface area contributed by atoms with E-state index >= 15 is 0 Å². The molecule has 3 heterocycles. The van der Waals surface area contributed by atoms with Crippen LogP contribution in [0.4, 0.5) is 0 Å². The molecule has 1 aromatic carbocycles. The predicted molar refractivity (Wildman–Crippen MR) is 74.6 cm³/mol. The van der Waals surface area contributed by atoms with E-state index in [-0.39, 0.29) is 18.8 Å². The van der Waals surface area contributed by atoms with Crippen LogP contribution in [0.2, 0.25) is 0 Å². The minimum absolute atomic E-state index is 0.101. The van der Waals surface area contributed by atoms with Crippen LogP contribution in [-0.4, -0.2) is 45.6 Å². The molecule has 4 atom stereocenters. The van der Waals surface area contributed by atoms with Crippen LogP contribution in [-0.2, 0) is 14.2 Å². The number of nitrogens with zero attached hydrogens (tertiary/aromatic N) is 2. The second-order valence-corrected chi connectivity index (χ2v) is 5.96. The monoisotopic (exact) mass is 290 g/mol. The fourth-order valence-corrected chi connectivity index (χ4v) is 3.20. The number of aromatic nitrogens is 2. The smallest absolute Gasteiger partial charge is 0.180 e. The predicted octanol–water partition coefficient (Wildman–Crippen LogP) is 1.45. The van der Waals surface area contributed by atoms with Crippen LogP contribution in [0, 0.1) is 0 Å². The number of ether oxygens (including phenoxy) is 3. The van der Waals surface area contributed by atoms with E-state index in [2.05, 4.69) is 5.10 Å². The molecule has 21 heavy (non-hydrogen) atoms. The summed E-state index contributed by atoms with van der Waals surface area (Å²) in [5.74, 6) is -0.673. The molecule has 0 bridgehead atoms. The summed E-state index contributed by atoms with van der Waals surface area (Å²) >= 11 is 0. The fourth-order valence-electron chi connectivity index (χ4n) is 3.20. The van der Waals surface area contributed by atoms with Gasteiger partial charge in [0.1, 0.15) is 18.3 Å². The number of hydrogen-bond acceptors (Lipinski definition) is 5. The molecule has 2 saturated heterocycles. The van der Waals surface area contributed by atoms with E-state index in [1.165, 1.54) is 0 Å². The molecule has 2 aliphatic heterocycles. The van der Waals surface area contributed by atoms with Gasteiger partial charge >= 0.3 is 0 Å². The number of benzene rings is 1. The normalized spacial score (nSPS) is 34.4. The maximum Gasteiger partial charge on any atom is 0.180 e. The summed E-state index contributed by atoms with van der Waals surface area (Å²) in [5, 5.41) is 15.0. The lowest BCUT2D eigenvalue weighted by Gasteiger charge is -2.24. The third-order valence-corrected chi connectivity index (χ3v) is 4.05. The molecule has 0 spiro atoms. The highest BCUT2D eigenvalue weighted by Crippen LogP contribution is 2.43. The zero-order valence-corrected chi connectivity index (χ0v) is 12.0. The Morgan fingerprint density at radius 1 is 1.24 bits per heavy atom. The summed E-state index contributed by atoms with van der Waals surface area (Å²) in [4.78, 5) is 0. The lowest BCUT2D eigenvalue weighted by molar-refractivity contribution is -0.201. The molecule has 0 saturated carbocycles. The van der Waals surface area contributed by atoms with Crippen molar-refractivity contribution >= 4 is 10.9 Å². The Labute approximate surface area is 122 Å². The lowest BCUT2D eigenvalue weighted by atomic mass is 10.1. The maximum atomic E-state index is 9.52. The maximum absolute atomic E-state index is 9.52. The van der Waals surface area contributed by atoms with Crippen molar-refractivity contribution in [3.63, 3.8) is 0 Å². The zero-order chi connectivity index (χ0) is 14.6. The Morgan fingerprint density at radius 2 is 2.00 bits per heavy atom. The van der Waals surface area contributed by atoms with Crippen molar-refractivity contribution in [2.24, 2.45) is 0 Å². The Hall–Kier alpha value is -1.47. The van der Waals surface area contributed by atoms with Gasteiger partial charge in [-0.25, -0.2) is 4.68 Å². The number of aliphatic hydroxyl groups is 1. The minimum atomic E-state index is -0.673. The van der Waals surface area contributed by atoms with Crippen LogP contribution in [0.15, 0.2) is 30.5 Å². The van der Waals surface area contributed by atoms with Gasteiger partial charge in [-0.15, -0.1) is 0 Å². The van der Waals surface area contributed by atoms with Crippen LogP contribution >= 0.6 is 0 Å². The standard InChI is InChI=1S/C15H18N2O4/c1-15(2)20-12-11(8-18)19-14(13(12)21-15)17-10-6-4-3-5-9(10)7-16-17/h3-7,11-14,18H,8H2,1-2H3/t11-,12-,13-,14-/m1/s1. The highest BCUT2D eigenvalue weighted by Gasteiger charge is 2.56. The third-order valence-electron chi connectivity index (χ3n) is 4.05. The average Bonchev–Trinajstić information content (AvgIpc) is 3.09. The molecule has 112 valence electrons. The minimum Gasteiger partial charge on any atom is -0.394 e. The van der Waals surface area contributed by atoms with Gasteiger partial charge < -0.3 is 19.3 Å². The van der Waals surface area contributed by atoms with Gasteiger partial charge in [0.2, 0.25) is 0 Å². The van der Waals surface area contributed by atoms with Crippen molar-refractivity contribution in [3.8, 4) is 0 Å². The van der Waals surface area contributed by atoms with E-state index in [9.17, 15) is 5.11 Å². The quantitative estimate of drug-likeness (QED) is 0.906.